The number of aromatic amines is 1. The number of rotatable bonds is 6. The van der Waals surface area contributed by atoms with Crippen LogP contribution in [0.2, 0.25) is 0 Å². The maximum atomic E-state index is 12.2. The number of carbonyl (C=O) groups excluding carboxylic acids is 2. The van der Waals surface area contributed by atoms with Crippen molar-refractivity contribution in [3.63, 3.8) is 0 Å². The first-order chi connectivity index (χ1) is 24.0. The Morgan fingerprint density at radius 2 is 1.57 bits per heavy atom. The van der Waals surface area contributed by atoms with Gasteiger partial charge in [-0.2, -0.15) is 0 Å². The first kappa shape index (κ1) is 31.7. The van der Waals surface area contributed by atoms with Gasteiger partial charge in [0, 0.05) is 86.1 Å². The number of aliphatic hydroxyl groups excluding tert-OH is 1. The fourth-order valence-corrected chi connectivity index (χ4v) is 7.69. The summed E-state index contributed by atoms with van der Waals surface area (Å²) in [7, 11) is 0. The number of benzene rings is 2. The Balaban J connectivity index is 0.844. The number of aryl methyl sites for hydroxylation is 1. The molecule has 2 aromatic heterocycles. The standard InChI is InChI=1S/C38H44N8O3/c47-35-14-13-30(38(49)43-35)25-5-9-28(10-6-25)46-23-29(24-46)45-20-18-44(19-21-45)27-11-7-26(8-12-27)36-39-17-15-33(42-36)34-22-31-32(41-34)4-2-1-3-16-40-37(31)48/h5-12,15,17,22,29-30,37,40-41,48H,1-4,13-14,16,18-21,23-24H2,(H,43,47,49). The molecule has 4 aliphatic heterocycles. The third-order valence-electron chi connectivity index (χ3n) is 10.7. The maximum absolute atomic E-state index is 12.2. The summed E-state index contributed by atoms with van der Waals surface area (Å²) >= 11 is 0. The number of hydrogen-bond donors (Lipinski definition) is 4. The van der Waals surface area contributed by atoms with Crippen molar-refractivity contribution in [1.29, 1.82) is 0 Å². The number of carbonyl (C=O) groups is 2. The highest BCUT2D eigenvalue weighted by molar-refractivity contribution is 6.01. The molecule has 0 saturated carbocycles. The Bertz CT molecular complexity index is 1790. The molecule has 254 valence electrons. The number of H-pyrrole nitrogens is 1. The molecule has 0 bridgehead atoms. The smallest absolute Gasteiger partial charge is 0.234 e. The summed E-state index contributed by atoms with van der Waals surface area (Å²) in [5.74, 6) is 0.0851. The molecule has 11 heteroatoms. The lowest BCUT2D eigenvalue weighted by molar-refractivity contribution is -0.134. The van der Waals surface area contributed by atoms with E-state index in [1.807, 2.05) is 24.3 Å². The molecule has 2 unspecified atom stereocenters. The molecule has 4 aromatic rings. The fourth-order valence-electron chi connectivity index (χ4n) is 7.69. The van der Waals surface area contributed by atoms with Crippen LogP contribution in [0.15, 0.2) is 66.9 Å². The van der Waals surface area contributed by atoms with Crippen molar-refractivity contribution in [3.05, 3.63) is 83.7 Å². The molecule has 2 aromatic carbocycles. The highest BCUT2D eigenvalue weighted by Crippen LogP contribution is 2.31. The van der Waals surface area contributed by atoms with Crippen LogP contribution < -0.4 is 20.4 Å². The van der Waals surface area contributed by atoms with E-state index < -0.39 is 6.23 Å². The van der Waals surface area contributed by atoms with Crippen molar-refractivity contribution < 1.29 is 14.7 Å². The van der Waals surface area contributed by atoms with Gasteiger partial charge in [0.2, 0.25) is 11.8 Å². The van der Waals surface area contributed by atoms with Crippen LogP contribution in [0.25, 0.3) is 22.8 Å². The summed E-state index contributed by atoms with van der Waals surface area (Å²) in [6.07, 6.45) is 6.35. The van der Waals surface area contributed by atoms with Crippen LogP contribution in [0.3, 0.4) is 0 Å². The molecule has 6 heterocycles. The molecule has 11 nitrogen and oxygen atoms in total. The van der Waals surface area contributed by atoms with Gasteiger partial charge < -0.3 is 19.9 Å². The third kappa shape index (κ3) is 6.70. The molecule has 4 N–H and O–H groups in total. The summed E-state index contributed by atoms with van der Waals surface area (Å²) in [6.45, 7) is 6.87. The molecule has 8 rings (SSSR count). The van der Waals surface area contributed by atoms with Gasteiger partial charge >= 0.3 is 0 Å². The molecular formula is C38H44N8O3. The Morgan fingerprint density at radius 3 is 2.35 bits per heavy atom. The third-order valence-corrected chi connectivity index (χ3v) is 10.7. The number of aliphatic hydroxyl groups is 1. The molecule has 0 spiro atoms. The van der Waals surface area contributed by atoms with E-state index in [0.717, 1.165) is 105 Å². The van der Waals surface area contributed by atoms with Gasteiger partial charge in [0.15, 0.2) is 5.82 Å². The zero-order valence-corrected chi connectivity index (χ0v) is 27.8. The van der Waals surface area contributed by atoms with Crippen LogP contribution in [0.1, 0.15) is 61.1 Å². The lowest BCUT2D eigenvalue weighted by atomic mass is 9.90. The number of imide groups is 1. The lowest BCUT2D eigenvalue weighted by Gasteiger charge is -2.49. The molecule has 0 aliphatic carbocycles. The number of hydrogen-bond acceptors (Lipinski definition) is 9. The predicted octanol–water partition coefficient (Wildman–Crippen LogP) is 3.98. The van der Waals surface area contributed by atoms with Crippen molar-refractivity contribution in [1.82, 2.24) is 30.5 Å². The Labute approximate surface area is 286 Å². The van der Waals surface area contributed by atoms with Crippen LogP contribution in [-0.2, 0) is 16.0 Å². The first-order valence-electron chi connectivity index (χ1n) is 17.7. The fraction of sp³-hybridized carbons (Fsp3) is 0.421. The lowest BCUT2D eigenvalue weighted by Crippen LogP contribution is -2.63. The zero-order valence-electron chi connectivity index (χ0n) is 27.8. The van der Waals surface area contributed by atoms with Gasteiger partial charge in [-0.3, -0.25) is 25.1 Å². The Hall–Kier alpha value is -4.58. The number of amides is 2. The molecule has 2 atom stereocenters. The summed E-state index contributed by atoms with van der Waals surface area (Å²) < 4.78 is 0. The van der Waals surface area contributed by atoms with Gasteiger partial charge in [-0.15, -0.1) is 0 Å². The molecule has 4 aliphatic rings. The predicted molar refractivity (Wildman–Crippen MR) is 189 cm³/mol. The van der Waals surface area contributed by atoms with Crippen molar-refractivity contribution in [3.8, 4) is 22.8 Å². The van der Waals surface area contributed by atoms with E-state index in [0.29, 0.717) is 24.7 Å². The van der Waals surface area contributed by atoms with Crippen LogP contribution >= 0.6 is 0 Å². The SMILES string of the molecule is O=C1CCC(c2ccc(N3CC(N4CCN(c5ccc(-c6nccc(-c7cc8c([nH]7)CCCCCNC8O)n6)cc5)CC4)C3)cc2)C(=O)N1. The van der Waals surface area contributed by atoms with E-state index in [-0.39, 0.29) is 17.7 Å². The van der Waals surface area contributed by atoms with Crippen LogP contribution in [0.4, 0.5) is 11.4 Å². The number of piperidine rings is 1. The first-order valence-corrected chi connectivity index (χ1v) is 17.7. The van der Waals surface area contributed by atoms with Crippen molar-refractivity contribution >= 4 is 23.2 Å². The zero-order chi connectivity index (χ0) is 33.3. The molecule has 3 fully saturated rings. The van der Waals surface area contributed by atoms with Crippen molar-refractivity contribution in [2.75, 3.05) is 55.6 Å². The molecular weight excluding hydrogens is 616 g/mol. The van der Waals surface area contributed by atoms with Gasteiger partial charge in [0.25, 0.3) is 0 Å². The van der Waals surface area contributed by atoms with Gasteiger partial charge in [-0.1, -0.05) is 18.6 Å². The van der Waals surface area contributed by atoms with Gasteiger partial charge in [0.1, 0.15) is 6.23 Å². The van der Waals surface area contributed by atoms with E-state index in [9.17, 15) is 14.7 Å². The molecule has 49 heavy (non-hydrogen) atoms. The van der Waals surface area contributed by atoms with Crippen LogP contribution in [0, 0.1) is 0 Å². The highest BCUT2D eigenvalue weighted by Gasteiger charge is 2.34. The summed E-state index contributed by atoms with van der Waals surface area (Å²) in [4.78, 5) is 44.2. The number of nitrogens with one attached hydrogen (secondary N) is 3. The second kappa shape index (κ2) is 13.7. The number of anilines is 2. The Kier molecular flexibility index (Phi) is 8.88. The molecule has 3 saturated heterocycles. The van der Waals surface area contributed by atoms with Gasteiger partial charge in [-0.05, 0) is 86.3 Å². The monoisotopic (exact) mass is 660 g/mol. The van der Waals surface area contributed by atoms with E-state index in [4.69, 9.17) is 4.98 Å². The van der Waals surface area contributed by atoms with Gasteiger partial charge in [-0.25, -0.2) is 9.97 Å². The van der Waals surface area contributed by atoms with Crippen molar-refractivity contribution in [2.24, 2.45) is 0 Å². The second-order valence-electron chi connectivity index (χ2n) is 13.8. The van der Waals surface area contributed by atoms with E-state index in [2.05, 4.69) is 71.7 Å². The minimum absolute atomic E-state index is 0.177. The minimum Gasteiger partial charge on any atom is -0.374 e. The summed E-state index contributed by atoms with van der Waals surface area (Å²) in [5.41, 5.74) is 8.07. The Morgan fingerprint density at radius 1 is 0.816 bits per heavy atom. The number of piperazine rings is 1. The largest absolute Gasteiger partial charge is 0.374 e. The average Bonchev–Trinajstić information content (AvgIpc) is 3.56. The number of nitrogens with zero attached hydrogens (tertiary/aromatic N) is 5. The van der Waals surface area contributed by atoms with Crippen LogP contribution in [-0.4, -0.2) is 88.6 Å². The minimum atomic E-state index is -0.671. The van der Waals surface area contributed by atoms with E-state index in [1.165, 1.54) is 11.4 Å². The molecule has 2 amide bonds. The highest BCUT2D eigenvalue weighted by atomic mass is 16.3. The topological polar surface area (TPSA) is 130 Å². The van der Waals surface area contributed by atoms with E-state index in [1.54, 1.807) is 6.20 Å². The van der Waals surface area contributed by atoms with Crippen LogP contribution in [0.5, 0.6) is 0 Å². The average molecular weight is 661 g/mol. The number of fused-ring (bicyclic) bond motifs is 1. The quantitative estimate of drug-likeness (QED) is 0.227. The number of aromatic nitrogens is 3. The van der Waals surface area contributed by atoms with Crippen molar-refractivity contribution in [2.45, 2.75) is 56.7 Å². The van der Waals surface area contributed by atoms with E-state index >= 15 is 0 Å². The normalized spacial score (nSPS) is 22.5. The maximum Gasteiger partial charge on any atom is 0.234 e. The van der Waals surface area contributed by atoms with Gasteiger partial charge in [0.05, 0.1) is 17.3 Å². The summed E-state index contributed by atoms with van der Waals surface area (Å²) in [5, 5.41) is 16.4. The summed E-state index contributed by atoms with van der Waals surface area (Å²) in [6, 6.07) is 21.4. The molecule has 0 radical (unpaired) electrons. The second-order valence-corrected chi connectivity index (χ2v) is 13.8.